The third kappa shape index (κ3) is 15.3. The van der Waals surface area contributed by atoms with Crippen molar-refractivity contribution in [2.24, 2.45) is 35.5 Å². The number of amides is 1. The molecule has 0 aromatic carbocycles. The largest absolute Gasteiger partial charge is 0.460 e. The molecule has 1 aliphatic carbocycles. The van der Waals surface area contributed by atoms with Crippen molar-refractivity contribution >= 4 is 29.2 Å². The van der Waals surface area contributed by atoms with Crippen molar-refractivity contribution in [2.75, 3.05) is 20.3 Å². The molecule has 2 aliphatic heterocycles. The Morgan fingerprint density at radius 1 is 0.917 bits per heavy atom. The predicted octanol–water partition coefficient (Wildman–Crippen LogP) is 8.21. The molecule has 1 amide bonds. The number of methoxy groups -OCH3 is 1. The first kappa shape index (κ1) is 51.1. The number of hydrogen-bond donors (Lipinski definition) is 2. The number of aliphatic hydroxyl groups is 2. The molecule has 0 bridgehead atoms. The highest BCUT2D eigenvalue weighted by atomic mass is 16.6. The molecule has 11 nitrogen and oxygen atoms in total. The number of ether oxygens (including phenoxy) is 3. The van der Waals surface area contributed by atoms with E-state index in [4.69, 9.17) is 14.2 Å². The minimum absolute atomic E-state index is 0.0439. The highest BCUT2D eigenvalue weighted by Gasteiger charge is 2.51. The smallest absolute Gasteiger partial charge is 0.329 e. The van der Waals surface area contributed by atoms with E-state index in [1.165, 1.54) is 10.5 Å². The van der Waals surface area contributed by atoms with Crippen molar-refractivity contribution < 1.29 is 48.4 Å². The van der Waals surface area contributed by atoms with Crippen LogP contribution in [-0.4, -0.2) is 94.7 Å². The number of aliphatic hydroxyl groups excluding tert-OH is 1. The summed E-state index contributed by atoms with van der Waals surface area (Å²) < 4.78 is 17.3. The van der Waals surface area contributed by atoms with E-state index >= 15 is 0 Å². The number of hydrogen-bond acceptors (Lipinski definition) is 10. The highest BCUT2D eigenvalue weighted by Crippen LogP contribution is 2.35. The van der Waals surface area contributed by atoms with E-state index < -0.39 is 53.5 Å². The lowest BCUT2D eigenvalue weighted by atomic mass is 9.79. The van der Waals surface area contributed by atoms with Crippen molar-refractivity contribution in [3.8, 4) is 0 Å². The molecule has 3 fully saturated rings. The van der Waals surface area contributed by atoms with E-state index in [1.807, 2.05) is 32.1 Å². The first-order valence-electron chi connectivity index (χ1n) is 22.8. The monoisotopic (exact) mass is 840 g/mol. The molecule has 3 rings (SSSR count). The lowest BCUT2D eigenvalue weighted by molar-refractivity contribution is -0.241. The number of carbonyl (C=O) groups is 5. The van der Waals surface area contributed by atoms with Crippen LogP contribution in [0.3, 0.4) is 0 Å². The van der Waals surface area contributed by atoms with Crippen LogP contribution in [0.15, 0.2) is 47.6 Å². The summed E-state index contributed by atoms with van der Waals surface area (Å²) in [6, 6.07) is -1.04. The van der Waals surface area contributed by atoms with Gasteiger partial charge in [-0.15, -0.1) is 0 Å². The summed E-state index contributed by atoms with van der Waals surface area (Å²) in [7, 11) is 1.72. The maximum atomic E-state index is 14.1. The number of piperidine rings is 1. The van der Waals surface area contributed by atoms with Gasteiger partial charge in [-0.2, -0.15) is 0 Å². The van der Waals surface area contributed by atoms with Gasteiger partial charge in [0.1, 0.15) is 23.7 Å². The predicted molar refractivity (Wildman–Crippen MR) is 234 cm³/mol. The third-order valence-electron chi connectivity index (χ3n) is 13.2. The van der Waals surface area contributed by atoms with Gasteiger partial charge in [0.2, 0.25) is 5.79 Å². The molecule has 60 heavy (non-hydrogen) atoms. The fraction of sp³-hybridized carbons (Fsp3) is 0.735. The summed E-state index contributed by atoms with van der Waals surface area (Å²) in [6.07, 6.45) is 19.0. The van der Waals surface area contributed by atoms with Gasteiger partial charge in [0.15, 0.2) is 0 Å². The molecule has 0 aromatic heterocycles. The van der Waals surface area contributed by atoms with E-state index in [2.05, 4.69) is 32.9 Å². The molecular weight excluding hydrogens is 763 g/mol. The van der Waals surface area contributed by atoms with Crippen LogP contribution < -0.4 is 0 Å². The fourth-order valence-electron chi connectivity index (χ4n) is 8.84. The van der Waals surface area contributed by atoms with E-state index in [0.717, 1.165) is 32.1 Å². The summed E-state index contributed by atoms with van der Waals surface area (Å²) in [5.41, 5.74) is 1.83. The Bertz CT molecular complexity index is 1560. The Hall–Kier alpha value is -3.25. The second-order valence-corrected chi connectivity index (χ2v) is 18.3. The van der Waals surface area contributed by atoms with Gasteiger partial charge in [-0.25, -0.2) is 4.79 Å². The van der Waals surface area contributed by atoms with Crippen molar-refractivity contribution in [2.45, 2.75) is 175 Å². The summed E-state index contributed by atoms with van der Waals surface area (Å²) in [5, 5.41) is 22.2. The Balaban J connectivity index is 1.71. The topological polar surface area (TPSA) is 157 Å². The summed E-state index contributed by atoms with van der Waals surface area (Å²) in [6.45, 7) is 15.6. The fourth-order valence-corrected chi connectivity index (χ4v) is 8.84. The highest BCUT2D eigenvalue weighted by molar-refractivity contribution is 6.39. The van der Waals surface area contributed by atoms with Crippen LogP contribution >= 0.6 is 0 Å². The van der Waals surface area contributed by atoms with Gasteiger partial charge in [0.05, 0.1) is 18.8 Å². The second kappa shape index (κ2) is 25.0. The Morgan fingerprint density at radius 3 is 2.33 bits per heavy atom. The number of allylic oxidation sites excluding steroid dienone is 7. The van der Waals surface area contributed by atoms with Gasteiger partial charge >= 0.3 is 5.97 Å². The maximum Gasteiger partial charge on any atom is 0.329 e. The van der Waals surface area contributed by atoms with Gasteiger partial charge in [-0.3, -0.25) is 19.2 Å². The third-order valence-corrected chi connectivity index (χ3v) is 13.2. The van der Waals surface area contributed by atoms with Crippen LogP contribution in [0.1, 0.15) is 145 Å². The van der Waals surface area contributed by atoms with Crippen LogP contribution in [0.2, 0.25) is 0 Å². The van der Waals surface area contributed by atoms with Gasteiger partial charge in [0.25, 0.3) is 11.7 Å². The second-order valence-electron chi connectivity index (χ2n) is 18.3. The average Bonchev–Trinajstić information content (AvgIpc) is 3.23. The molecule has 7 unspecified atom stereocenters. The molecule has 2 heterocycles. The number of likely N-dealkylation sites (tertiary alicyclic amines) is 1. The van der Waals surface area contributed by atoms with Crippen molar-refractivity contribution in [3.63, 3.8) is 0 Å². The number of ketones is 3. The van der Waals surface area contributed by atoms with E-state index in [1.54, 1.807) is 34.0 Å². The van der Waals surface area contributed by atoms with Gasteiger partial charge < -0.3 is 29.3 Å². The molecular formula is C49H77NO10. The van der Waals surface area contributed by atoms with Crippen LogP contribution in [0.5, 0.6) is 0 Å². The molecule has 0 spiro atoms. The zero-order valence-corrected chi connectivity index (χ0v) is 38.2. The first-order chi connectivity index (χ1) is 28.4. The Kier molecular flexibility index (Phi) is 21.3. The molecule has 1 saturated carbocycles. The van der Waals surface area contributed by atoms with Crippen LogP contribution in [0, 0.1) is 35.5 Å². The lowest BCUT2D eigenvalue weighted by Gasteiger charge is -2.39. The standard InChI is InChI=1S/C49H77NO10/c1-10-32(2)18-12-11-13-19-33(3)26-34(4)42(51)30-43(52)35(5)27-36(6)44(53)31-45(37(7)28-39-21-16-22-40(29-39)58-9)60-48(56)41-23-14-15-24-50(41)47(55)46(54)49(57)38(8)20-17-25-59-49/h11-13,18-19,27,33-34,36-41,43,45,52,57H,10,14-17,20-26,28-31H2,1-9H3/b12-11+,19-13+,32-18+,35-27+/t33-,34?,36-,37-,38?,39?,40?,41?,43?,45+,49?/m1/s1. The summed E-state index contributed by atoms with van der Waals surface area (Å²) in [4.78, 5) is 69.5. The van der Waals surface area contributed by atoms with Crippen LogP contribution in [0.4, 0.5) is 0 Å². The number of rotatable bonds is 22. The van der Waals surface area contributed by atoms with Crippen molar-refractivity contribution in [1.29, 1.82) is 0 Å². The van der Waals surface area contributed by atoms with Gasteiger partial charge in [-0.1, -0.05) is 96.4 Å². The van der Waals surface area contributed by atoms with Gasteiger partial charge in [0, 0.05) is 44.2 Å². The molecule has 2 N–H and O–H groups in total. The SMILES string of the molecule is CC/C(C)=C/C=C/C=C/[C@@H](C)CC(C)C(=O)CC(O)/C(C)=C/[C@@H](C)C(=O)C[C@H](OC(=O)C1CCCCN1C(=O)C(=O)C1(O)OCCCC1C)[C@H](C)CC1CCCC(OC)C1. The van der Waals surface area contributed by atoms with Crippen LogP contribution in [0.25, 0.3) is 0 Å². The quantitative estimate of drug-likeness (QED) is 0.0472. The molecule has 3 aliphatic rings. The number of carbonyl (C=O) groups excluding carboxylic acids is 5. The van der Waals surface area contributed by atoms with Crippen LogP contribution in [-0.2, 0) is 38.2 Å². The number of nitrogens with zero attached hydrogens (tertiary/aromatic N) is 1. The summed E-state index contributed by atoms with van der Waals surface area (Å²) >= 11 is 0. The van der Waals surface area contributed by atoms with E-state index in [0.29, 0.717) is 50.0 Å². The molecule has 338 valence electrons. The molecule has 11 atom stereocenters. The van der Waals surface area contributed by atoms with Crippen molar-refractivity contribution in [3.05, 3.63) is 47.6 Å². The zero-order chi connectivity index (χ0) is 44.6. The van der Waals surface area contributed by atoms with Gasteiger partial charge in [-0.05, 0) is 101 Å². The van der Waals surface area contributed by atoms with E-state index in [9.17, 15) is 34.2 Å². The first-order valence-corrected chi connectivity index (χ1v) is 22.8. The number of esters is 1. The Labute approximate surface area is 360 Å². The molecule has 11 heteroatoms. The molecule has 0 aromatic rings. The van der Waals surface area contributed by atoms with E-state index in [-0.39, 0.29) is 67.8 Å². The normalized spacial score (nSPS) is 27.6. The Morgan fingerprint density at radius 2 is 1.65 bits per heavy atom. The average molecular weight is 840 g/mol. The maximum absolute atomic E-state index is 14.1. The zero-order valence-electron chi connectivity index (χ0n) is 38.2. The molecule has 2 saturated heterocycles. The minimum atomic E-state index is -2.25. The molecule has 0 radical (unpaired) electrons. The lowest BCUT2D eigenvalue weighted by Crippen LogP contribution is -2.59. The number of Topliss-reactive ketones (excluding diaryl/α,β-unsaturated/α-hetero) is 3. The minimum Gasteiger partial charge on any atom is -0.460 e. The summed E-state index contributed by atoms with van der Waals surface area (Å²) in [5.74, 6) is -6.36. The van der Waals surface area contributed by atoms with Crippen molar-refractivity contribution in [1.82, 2.24) is 4.90 Å².